The maximum absolute atomic E-state index is 6.00. The van der Waals surface area contributed by atoms with Gasteiger partial charge in [0.1, 0.15) is 0 Å². The number of nitrogens with one attached hydrogen (secondary N) is 1. The molecule has 0 unspecified atom stereocenters. The number of likely N-dealkylation sites (tertiary alicyclic amines) is 1. The lowest BCUT2D eigenvalue weighted by Crippen LogP contribution is -2.49. The molecule has 1 aromatic rings. The Kier molecular flexibility index (Phi) is 5.23. The molecule has 0 aliphatic carbocycles. The molecule has 0 aromatic heterocycles. The van der Waals surface area contributed by atoms with E-state index in [2.05, 4.69) is 48.1 Å². The summed E-state index contributed by atoms with van der Waals surface area (Å²) in [6.45, 7) is 9.64. The third-order valence-corrected chi connectivity index (χ3v) is 4.17. The van der Waals surface area contributed by atoms with Crippen LogP contribution in [0.4, 0.5) is 5.69 Å². The highest BCUT2D eigenvalue weighted by molar-refractivity contribution is 5.92. The van der Waals surface area contributed by atoms with Gasteiger partial charge in [0.2, 0.25) is 0 Å². The van der Waals surface area contributed by atoms with Crippen molar-refractivity contribution in [1.82, 2.24) is 4.90 Å². The molecule has 1 aromatic carbocycles. The van der Waals surface area contributed by atoms with Crippen molar-refractivity contribution in [3.05, 3.63) is 29.8 Å². The van der Waals surface area contributed by atoms with E-state index in [0.29, 0.717) is 5.96 Å². The maximum atomic E-state index is 6.00. The summed E-state index contributed by atoms with van der Waals surface area (Å²) in [6.07, 6.45) is 3.95. The van der Waals surface area contributed by atoms with Crippen LogP contribution in [0.15, 0.2) is 29.3 Å². The normalized spacial score (nSPS) is 17.8. The van der Waals surface area contributed by atoms with Crippen LogP contribution in [0.25, 0.3) is 0 Å². The number of anilines is 1. The van der Waals surface area contributed by atoms with E-state index < -0.39 is 0 Å². The van der Waals surface area contributed by atoms with Crippen LogP contribution in [0.1, 0.15) is 38.7 Å². The minimum Gasteiger partial charge on any atom is -0.370 e. The molecular weight excluding hydrogens is 260 g/mol. The lowest BCUT2D eigenvalue weighted by atomic mass is 9.99. The zero-order valence-electron chi connectivity index (χ0n) is 13.5. The van der Waals surface area contributed by atoms with Crippen molar-refractivity contribution in [1.29, 1.82) is 0 Å². The lowest BCUT2D eigenvalue weighted by Gasteiger charge is -2.40. The molecule has 4 heteroatoms. The number of hydrogen-bond acceptors (Lipinski definition) is 2. The van der Waals surface area contributed by atoms with Gasteiger partial charge in [-0.1, -0.05) is 24.1 Å². The highest BCUT2D eigenvalue weighted by Crippen LogP contribution is 2.20. The fraction of sp³-hybridized carbons (Fsp3) is 0.588. The van der Waals surface area contributed by atoms with Gasteiger partial charge >= 0.3 is 0 Å². The van der Waals surface area contributed by atoms with Crippen LogP contribution >= 0.6 is 0 Å². The van der Waals surface area contributed by atoms with E-state index in [9.17, 15) is 0 Å². The Balaban J connectivity index is 1.90. The average molecular weight is 288 g/mol. The van der Waals surface area contributed by atoms with Crippen LogP contribution in [0, 0.1) is 6.92 Å². The van der Waals surface area contributed by atoms with Gasteiger partial charge in [0, 0.05) is 11.2 Å². The molecule has 0 spiro atoms. The Morgan fingerprint density at radius 1 is 1.19 bits per heavy atom. The van der Waals surface area contributed by atoms with E-state index in [0.717, 1.165) is 12.2 Å². The van der Waals surface area contributed by atoms with Crippen molar-refractivity contribution >= 4 is 11.6 Å². The Hall–Kier alpha value is -1.55. The lowest BCUT2D eigenvalue weighted by molar-refractivity contribution is 0.102. The number of nitrogens with zero attached hydrogens (tertiary/aromatic N) is 2. The zero-order chi connectivity index (χ0) is 15.3. The minimum atomic E-state index is 0.0694. The largest absolute Gasteiger partial charge is 0.370 e. The van der Waals surface area contributed by atoms with E-state index in [1.165, 1.54) is 37.9 Å². The topological polar surface area (TPSA) is 53.6 Å². The van der Waals surface area contributed by atoms with Crippen LogP contribution in [0.2, 0.25) is 0 Å². The fourth-order valence-electron chi connectivity index (χ4n) is 2.70. The summed E-state index contributed by atoms with van der Waals surface area (Å²) in [7, 11) is 0. The van der Waals surface area contributed by atoms with Crippen LogP contribution < -0.4 is 11.1 Å². The number of nitrogens with two attached hydrogens (primary N) is 1. The number of aryl methyl sites for hydroxylation is 1. The van der Waals surface area contributed by atoms with Gasteiger partial charge in [-0.2, -0.15) is 0 Å². The molecule has 3 N–H and O–H groups in total. The first-order chi connectivity index (χ1) is 9.97. The van der Waals surface area contributed by atoms with Crippen molar-refractivity contribution in [2.45, 2.75) is 45.6 Å². The summed E-state index contributed by atoms with van der Waals surface area (Å²) < 4.78 is 0. The summed E-state index contributed by atoms with van der Waals surface area (Å²) in [5.74, 6) is 0.490. The molecule has 1 aliphatic heterocycles. The van der Waals surface area contributed by atoms with E-state index in [1.807, 2.05) is 12.1 Å². The SMILES string of the molecule is Cc1ccc(NC(N)=NCC(C)(C)N2CCCCC2)cc1. The van der Waals surface area contributed by atoms with Gasteiger partial charge in [0.25, 0.3) is 0 Å². The summed E-state index contributed by atoms with van der Waals surface area (Å²) in [4.78, 5) is 7.06. The second-order valence-electron chi connectivity index (χ2n) is 6.55. The molecule has 0 atom stereocenters. The maximum Gasteiger partial charge on any atom is 0.193 e. The van der Waals surface area contributed by atoms with E-state index in [-0.39, 0.29) is 5.54 Å². The molecule has 2 rings (SSSR count). The van der Waals surface area contributed by atoms with E-state index in [1.54, 1.807) is 0 Å². The van der Waals surface area contributed by atoms with E-state index >= 15 is 0 Å². The predicted octanol–water partition coefficient (Wildman–Crippen LogP) is 2.99. The second kappa shape index (κ2) is 6.94. The van der Waals surface area contributed by atoms with Gasteiger partial charge in [-0.3, -0.25) is 9.89 Å². The number of guanidine groups is 1. The Morgan fingerprint density at radius 3 is 2.43 bits per heavy atom. The summed E-state index contributed by atoms with van der Waals surface area (Å²) in [5, 5.41) is 3.15. The number of hydrogen-bond donors (Lipinski definition) is 2. The third-order valence-electron chi connectivity index (χ3n) is 4.17. The molecule has 4 nitrogen and oxygen atoms in total. The number of piperidine rings is 1. The monoisotopic (exact) mass is 288 g/mol. The molecule has 1 fully saturated rings. The molecule has 0 radical (unpaired) electrons. The Morgan fingerprint density at radius 2 is 1.81 bits per heavy atom. The molecule has 0 bridgehead atoms. The summed E-state index contributed by atoms with van der Waals surface area (Å²) in [5.41, 5.74) is 8.29. The summed E-state index contributed by atoms with van der Waals surface area (Å²) in [6, 6.07) is 8.17. The first kappa shape index (κ1) is 15.8. The van der Waals surface area contributed by atoms with Gasteiger partial charge in [-0.25, -0.2) is 0 Å². The van der Waals surface area contributed by atoms with Gasteiger partial charge in [-0.15, -0.1) is 0 Å². The fourth-order valence-corrected chi connectivity index (χ4v) is 2.70. The molecule has 21 heavy (non-hydrogen) atoms. The number of aliphatic imine (C=N–C) groups is 1. The molecule has 0 saturated carbocycles. The summed E-state index contributed by atoms with van der Waals surface area (Å²) >= 11 is 0. The first-order valence-electron chi connectivity index (χ1n) is 7.86. The van der Waals surface area contributed by atoms with Crippen molar-refractivity contribution < 1.29 is 0 Å². The molecule has 116 valence electrons. The highest BCUT2D eigenvalue weighted by atomic mass is 15.2. The van der Waals surface area contributed by atoms with Crippen LogP contribution in [-0.2, 0) is 0 Å². The standard InChI is InChI=1S/C17H28N4/c1-14-7-9-15(10-8-14)20-16(18)19-13-17(2,3)21-11-5-4-6-12-21/h7-10H,4-6,11-13H2,1-3H3,(H3,18,19,20). The van der Waals surface area contributed by atoms with Gasteiger partial charge in [0.15, 0.2) is 5.96 Å². The number of benzene rings is 1. The number of rotatable bonds is 4. The predicted molar refractivity (Wildman–Crippen MR) is 90.8 cm³/mol. The van der Waals surface area contributed by atoms with Crippen LogP contribution in [0.3, 0.4) is 0 Å². The Bertz CT molecular complexity index is 470. The molecule has 0 amide bonds. The van der Waals surface area contributed by atoms with E-state index in [4.69, 9.17) is 5.73 Å². The van der Waals surface area contributed by atoms with Crippen LogP contribution in [0.5, 0.6) is 0 Å². The molecule has 1 saturated heterocycles. The third kappa shape index (κ3) is 4.74. The van der Waals surface area contributed by atoms with Gasteiger partial charge in [-0.05, 0) is 58.8 Å². The molecule has 1 aliphatic rings. The Labute approximate surface area is 128 Å². The van der Waals surface area contributed by atoms with Crippen molar-refractivity contribution in [3.63, 3.8) is 0 Å². The van der Waals surface area contributed by atoms with Crippen LogP contribution in [-0.4, -0.2) is 36.0 Å². The zero-order valence-corrected chi connectivity index (χ0v) is 13.5. The first-order valence-corrected chi connectivity index (χ1v) is 7.86. The van der Waals surface area contributed by atoms with Crippen molar-refractivity contribution in [3.8, 4) is 0 Å². The van der Waals surface area contributed by atoms with Crippen molar-refractivity contribution in [2.75, 3.05) is 25.0 Å². The highest BCUT2D eigenvalue weighted by Gasteiger charge is 2.27. The second-order valence-corrected chi connectivity index (χ2v) is 6.55. The smallest absolute Gasteiger partial charge is 0.193 e. The molecular formula is C17H28N4. The minimum absolute atomic E-state index is 0.0694. The quantitative estimate of drug-likeness (QED) is 0.661. The van der Waals surface area contributed by atoms with Crippen molar-refractivity contribution in [2.24, 2.45) is 10.7 Å². The van der Waals surface area contributed by atoms with Gasteiger partial charge < -0.3 is 11.1 Å². The average Bonchev–Trinajstić information content (AvgIpc) is 2.49. The molecule has 1 heterocycles. The van der Waals surface area contributed by atoms with Gasteiger partial charge in [0.05, 0.1) is 6.54 Å².